The van der Waals surface area contributed by atoms with Gasteiger partial charge in [-0.1, -0.05) is 19.1 Å². The zero-order chi connectivity index (χ0) is 14.2. The Hall–Kier alpha value is -1.94. The number of rotatable bonds is 7. The molecule has 0 amide bonds. The van der Waals surface area contributed by atoms with Gasteiger partial charge in [0.1, 0.15) is 12.1 Å². The Morgan fingerprint density at radius 1 is 1.15 bits per heavy atom. The lowest BCUT2D eigenvalue weighted by atomic mass is 10.0. The summed E-state index contributed by atoms with van der Waals surface area (Å²) in [7, 11) is 0. The van der Waals surface area contributed by atoms with Gasteiger partial charge in [-0.25, -0.2) is 9.97 Å². The van der Waals surface area contributed by atoms with Gasteiger partial charge in [-0.15, -0.1) is 0 Å². The number of nitrogens with zero attached hydrogens (tertiary/aromatic N) is 2. The highest BCUT2D eigenvalue weighted by atomic mass is 16.5. The molecular formula is C16H21N3O. The van der Waals surface area contributed by atoms with Crippen molar-refractivity contribution in [2.45, 2.75) is 26.3 Å². The first-order valence-corrected chi connectivity index (χ1v) is 7.06. The second-order valence-corrected chi connectivity index (χ2v) is 4.56. The molecule has 0 spiro atoms. The molecule has 1 atom stereocenters. The fraction of sp³-hybridized carbons (Fsp3) is 0.375. The second kappa shape index (κ2) is 7.60. The van der Waals surface area contributed by atoms with Crippen LogP contribution in [0, 0.1) is 0 Å². The van der Waals surface area contributed by atoms with Crippen LogP contribution in [0.3, 0.4) is 0 Å². The molecule has 0 bridgehead atoms. The standard InChI is InChI=1S/C16H21N3O/c1-3-8-19-16(14-10-17-12-18-11-14)13-6-5-7-15(9-13)20-4-2/h5-7,9-12,16,19H,3-4,8H2,1-2H3. The smallest absolute Gasteiger partial charge is 0.119 e. The lowest BCUT2D eigenvalue weighted by Crippen LogP contribution is -2.23. The molecule has 106 valence electrons. The first-order chi connectivity index (χ1) is 9.85. The second-order valence-electron chi connectivity index (χ2n) is 4.56. The van der Waals surface area contributed by atoms with Crippen LogP contribution in [0.2, 0.25) is 0 Å². The summed E-state index contributed by atoms with van der Waals surface area (Å²) in [6.45, 7) is 5.76. The number of benzene rings is 1. The minimum atomic E-state index is 0.0940. The van der Waals surface area contributed by atoms with Crippen molar-refractivity contribution in [3.05, 3.63) is 54.1 Å². The van der Waals surface area contributed by atoms with Gasteiger partial charge in [-0.3, -0.25) is 0 Å². The maximum atomic E-state index is 5.58. The van der Waals surface area contributed by atoms with Crippen LogP contribution in [0.4, 0.5) is 0 Å². The summed E-state index contributed by atoms with van der Waals surface area (Å²) in [5.41, 5.74) is 2.23. The number of ether oxygens (including phenoxy) is 1. The van der Waals surface area contributed by atoms with E-state index in [1.54, 1.807) is 6.33 Å². The average molecular weight is 271 g/mol. The van der Waals surface area contributed by atoms with Crippen LogP contribution in [-0.2, 0) is 0 Å². The lowest BCUT2D eigenvalue weighted by Gasteiger charge is -2.19. The van der Waals surface area contributed by atoms with Crippen LogP contribution in [-0.4, -0.2) is 23.1 Å². The van der Waals surface area contributed by atoms with Crippen molar-refractivity contribution in [2.75, 3.05) is 13.2 Å². The van der Waals surface area contributed by atoms with Gasteiger partial charge >= 0.3 is 0 Å². The van der Waals surface area contributed by atoms with Crippen molar-refractivity contribution in [1.82, 2.24) is 15.3 Å². The van der Waals surface area contributed by atoms with E-state index in [-0.39, 0.29) is 6.04 Å². The van der Waals surface area contributed by atoms with E-state index >= 15 is 0 Å². The summed E-state index contributed by atoms with van der Waals surface area (Å²) in [4.78, 5) is 8.23. The molecule has 0 fully saturated rings. The van der Waals surface area contributed by atoms with E-state index in [4.69, 9.17) is 4.74 Å². The topological polar surface area (TPSA) is 47.0 Å². The summed E-state index contributed by atoms with van der Waals surface area (Å²) in [5.74, 6) is 0.894. The Labute approximate surface area is 120 Å². The van der Waals surface area contributed by atoms with Crippen LogP contribution < -0.4 is 10.1 Å². The monoisotopic (exact) mass is 271 g/mol. The van der Waals surface area contributed by atoms with E-state index in [2.05, 4.69) is 34.3 Å². The molecule has 0 saturated heterocycles. The zero-order valence-corrected chi connectivity index (χ0v) is 12.0. The Bertz CT molecular complexity index is 516. The van der Waals surface area contributed by atoms with E-state index in [0.717, 1.165) is 24.3 Å². The Balaban J connectivity index is 2.28. The third-order valence-corrected chi connectivity index (χ3v) is 3.01. The van der Waals surface area contributed by atoms with Crippen molar-refractivity contribution < 1.29 is 4.74 Å². The highest BCUT2D eigenvalue weighted by Crippen LogP contribution is 2.24. The van der Waals surface area contributed by atoms with E-state index in [1.807, 2.05) is 31.5 Å². The van der Waals surface area contributed by atoms with E-state index in [0.29, 0.717) is 6.61 Å². The molecule has 0 aliphatic rings. The quantitative estimate of drug-likeness (QED) is 0.841. The summed E-state index contributed by atoms with van der Waals surface area (Å²) < 4.78 is 5.58. The van der Waals surface area contributed by atoms with Gasteiger partial charge in [0.25, 0.3) is 0 Å². The van der Waals surface area contributed by atoms with Gasteiger partial charge < -0.3 is 10.1 Å². The molecule has 20 heavy (non-hydrogen) atoms. The molecule has 1 aromatic carbocycles. The normalized spacial score (nSPS) is 12.1. The zero-order valence-electron chi connectivity index (χ0n) is 12.0. The predicted octanol–water partition coefficient (Wildman–Crippen LogP) is 2.96. The molecule has 2 rings (SSSR count). The van der Waals surface area contributed by atoms with Crippen molar-refractivity contribution >= 4 is 0 Å². The van der Waals surface area contributed by atoms with Gasteiger partial charge in [0.15, 0.2) is 0 Å². The van der Waals surface area contributed by atoms with Gasteiger partial charge in [0, 0.05) is 18.0 Å². The minimum absolute atomic E-state index is 0.0940. The molecule has 0 aliphatic heterocycles. The molecule has 4 nitrogen and oxygen atoms in total. The maximum absolute atomic E-state index is 5.58. The van der Waals surface area contributed by atoms with Gasteiger partial charge in [-0.05, 0) is 37.6 Å². The van der Waals surface area contributed by atoms with Gasteiger partial charge in [0.05, 0.1) is 12.6 Å². The molecule has 0 radical (unpaired) electrons. The first kappa shape index (κ1) is 14.5. The third-order valence-electron chi connectivity index (χ3n) is 3.01. The van der Waals surface area contributed by atoms with E-state index < -0.39 is 0 Å². The minimum Gasteiger partial charge on any atom is -0.494 e. The van der Waals surface area contributed by atoms with Crippen LogP contribution in [0.15, 0.2) is 43.0 Å². The number of aromatic nitrogens is 2. The first-order valence-electron chi connectivity index (χ1n) is 7.06. The van der Waals surface area contributed by atoms with Crippen LogP contribution in [0.25, 0.3) is 0 Å². The average Bonchev–Trinajstić information content (AvgIpc) is 2.50. The van der Waals surface area contributed by atoms with Crippen molar-refractivity contribution in [3.63, 3.8) is 0 Å². The van der Waals surface area contributed by atoms with E-state index in [9.17, 15) is 0 Å². The van der Waals surface area contributed by atoms with Crippen LogP contribution in [0.5, 0.6) is 5.75 Å². The fourth-order valence-corrected chi connectivity index (χ4v) is 2.13. The highest BCUT2D eigenvalue weighted by Gasteiger charge is 2.14. The van der Waals surface area contributed by atoms with Crippen molar-refractivity contribution in [1.29, 1.82) is 0 Å². The summed E-state index contributed by atoms with van der Waals surface area (Å²) in [6.07, 6.45) is 6.34. The molecule has 2 aromatic rings. The van der Waals surface area contributed by atoms with Crippen molar-refractivity contribution in [3.8, 4) is 5.75 Å². The van der Waals surface area contributed by atoms with Crippen LogP contribution >= 0.6 is 0 Å². The fourth-order valence-electron chi connectivity index (χ4n) is 2.13. The molecule has 1 unspecified atom stereocenters. The molecule has 1 aromatic heterocycles. The Kier molecular flexibility index (Phi) is 5.50. The number of nitrogens with one attached hydrogen (secondary N) is 1. The van der Waals surface area contributed by atoms with Crippen LogP contribution in [0.1, 0.15) is 37.4 Å². The lowest BCUT2D eigenvalue weighted by molar-refractivity contribution is 0.339. The van der Waals surface area contributed by atoms with Gasteiger partial charge in [-0.2, -0.15) is 0 Å². The summed E-state index contributed by atoms with van der Waals surface area (Å²) in [5, 5.41) is 3.54. The van der Waals surface area contributed by atoms with Gasteiger partial charge in [0.2, 0.25) is 0 Å². The number of hydrogen-bond acceptors (Lipinski definition) is 4. The Morgan fingerprint density at radius 3 is 2.65 bits per heavy atom. The van der Waals surface area contributed by atoms with Crippen molar-refractivity contribution in [2.24, 2.45) is 0 Å². The molecule has 1 N–H and O–H groups in total. The Morgan fingerprint density at radius 2 is 1.95 bits per heavy atom. The maximum Gasteiger partial charge on any atom is 0.119 e. The summed E-state index contributed by atoms with van der Waals surface area (Å²) in [6, 6.07) is 8.26. The third kappa shape index (κ3) is 3.78. The molecule has 0 aliphatic carbocycles. The summed E-state index contributed by atoms with van der Waals surface area (Å²) >= 11 is 0. The molecule has 4 heteroatoms. The SMILES string of the molecule is CCCNC(c1cncnc1)c1cccc(OCC)c1. The van der Waals surface area contributed by atoms with E-state index in [1.165, 1.54) is 5.56 Å². The largest absolute Gasteiger partial charge is 0.494 e. The molecular weight excluding hydrogens is 250 g/mol. The molecule has 0 saturated carbocycles. The highest BCUT2D eigenvalue weighted by molar-refractivity contribution is 5.35. The molecule has 1 heterocycles. The predicted molar refractivity (Wildman–Crippen MR) is 79.8 cm³/mol. The number of hydrogen-bond donors (Lipinski definition) is 1.